The van der Waals surface area contributed by atoms with Crippen molar-refractivity contribution in [3.8, 4) is 0 Å². The normalized spacial score (nSPS) is 20.6. The number of nitro groups is 1. The van der Waals surface area contributed by atoms with Gasteiger partial charge in [0.2, 0.25) is 0 Å². The second-order valence-electron chi connectivity index (χ2n) is 5.24. The van der Waals surface area contributed by atoms with Crippen LogP contribution in [0.1, 0.15) is 6.42 Å². The largest absolute Gasteiger partial charge is 0.378 e. The van der Waals surface area contributed by atoms with Crippen molar-refractivity contribution in [1.82, 2.24) is 4.98 Å². The zero-order chi connectivity index (χ0) is 16.4. The first-order valence-electron chi connectivity index (χ1n) is 7.04. The van der Waals surface area contributed by atoms with Gasteiger partial charge in [-0.05, 0) is 6.07 Å². The molecule has 1 amide bonds. The van der Waals surface area contributed by atoms with Crippen LogP contribution in [-0.2, 0) is 14.3 Å². The molecule has 1 unspecified atom stereocenters. The number of anilines is 1. The van der Waals surface area contributed by atoms with Crippen molar-refractivity contribution in [2.24, 2.45) is 0 Å². The molecule has 1 N–H and O–H groups in total. The smallest absolute Gasteiger partial charge is 0.277 e. The number of ether oxygens (including phenoxy) is 2. The van der Waals surface area contributed by atoms with Crippen LogP contribution >= 0.6 is 0 Å². The van der Waals surface area contributed by atoms with Gasteiger partial charge in [0, 0.05) is 31.2 Å². The molecule has 1 saturated heterocycles. The van der Waals surface area contributed by atoms with E-state index < -0.39 is 10.5 Å². The molecule has 0 bridgehead atoms. The summed E-state index contributed by atoms with van der Waals surface area (Å²) in [6.45, 7) is 0.607. The van der Waals surface area contributed by atoms with Gasteiger partial charge in [0.25, 0.3) is 11.6 Å². The topological polar surface area (TPSA) is 104 Å². The molecule has 2 heterocycles. The van der Waals surface area contributed by atoms with Gasteiger partial charge in [0.15, 0.2) is 5.60 Å². The van der Waals surface area contributed by atoms with Crippen molar-refractivity contribution in [2.45, 2.75) is 12.0 Å². The van der Waals surface area contributed by atoms with Crippen LogP contribution in [0.3, 0.4) is 0 Å². The Balaban J connectivity index is 1.99. The number of amides is 1. The quantitative estimate of drug-likeness (QED) is 0.682. The van der Waals surface area contributed by atoms with E-state index in [0.29, 0.717) is 23.8 Å². The molecule has 120 valence electrons. The summed E-state index contributed by atoms with van der Waals surface area (Å²) < 4.78 is 10.6. The van der Waals surface area contributed by atoms with Crippen molar-refractivity contribution in [1.29, 1.82) is 0 Å². The maximum atomic E-state index is 12.5. The molecule has 0 aliphatic carbocycles. The Morgan fingerprint density at radius 1 is 1.43 bits per heavy atom. The van der Waals surface area contributed by atoms with E-state index in [1.165, 1.54) is 19.4 Å². The molecule has 1 fully saturated rings. The molecule has 3 rings (SSSR count). The van der Waals surface area contributed by atoms with Crippen LogP contribution in [0, 0.1) is 10.1 Å². The molecule has 1 aliphatic heterocycles. The highest BCUT2D eigenvalue weighted by Gasteiger charge is 2.43. The van der Waals surface area contributed by atoms with E-state index in [1.807, 2.05) is 0 Å². The minimum atomic E-state index is -1.05. The lowest BCUT2D eigenvalue weighted by Crippen LogP contribution is -2.45. The summed E-state index contributed by atoms with van der Waals surface area (Å²) in [5, 5.41) is 14.7. The third-order valence-corrected chi connectivity index (χ3v) is 4.00. The predicted octanol–water partition coefficient (Wildman–Crippen LogP) is 1.89. The molecule has 2 aromatic rings. The minimum Gasteiger partial charge on any atom is -0.378 e. The SMILES string of the molecule is COC1(C(=O)Nc2nccc3c([N+](=O)[O-])cccc23)CCOC1. The van der Waals surface area contributed by atoms with Crippen LogP contribution in [0.25, 0.3) is 10.8 Å². The summed E-state index contributed by atoms with van der Waals surface area (Å²) in [6, 6.07) is 6.20. The summed E-state index contributed by atoms with van der Waals surface area (Å²) in [5.41, 5.74) is -1.09. The number of pyridine rings is 1. The average molecular weight is 317 g/mol. The second-order valence-corrected chi connectivity index (χ2v) is 5.24. The van der Waals surface area contributed by atoms with Gasteiger partial charge in [-0.25, -0.2) is 4.98 Å². The van der Waals surface area contributed by atoms with Crippen LogP contribution < -0.4 is 5.32 Å². The van der Waals surface area contributed by atoms with Gasteiger partial charge >= 0.3 is 0 Å². The maximum absolute atomic E-state index is 12.5. The first kappa shape index (κ1) is 15.3. The fourth-order valence-electron chi connectivity index (χ4n) is 2.65. The molecule has 0 radical (unpaired) electrons. The Kier molecular flexibility index (Phi) is 3.93. The Morgan fingerprint density at radius 2 is 2.26 bits per heavy atom. The van der Waals surface area contributed by atoms with E-state index in [2.05, 4.69) is 10.3 Å². The van der Waals surface area contributed by atoms with Crippen molar-refractivity contribution in [3.05, 3.63) is 40.6 Å². The van der Waals surface area contributed by atoms with Gasteiger partial charge in [-0.15, -0.1) is 0 Å². The van der Waals surface area contributed by atoms with Crippen LogP contribution in [0.5, 0.6) is 0 Å². The molecule has 1 aliphatic rings. The van der Waals surface area contributed by atoms with E-state index in [9.17, 15) is 14.9 Å². The fraction of sp³-hybridized carbons (Fsp3) is 0.333. The molecule has 1 atom stereocenters. The fourth-order valence-corrected chi connectivity index (χ4v) is 2.65. The predicted molar refractivity (Wildman–Crippen MR) is 82.2 cm³/mol. The molecule has 0 spiro atoms. The van der Waals surface area contributed by atoms with Crippen LogP contribution in [0.15, 0.2) is 30.5 Å². The number of nitrogens with one attached hydrogen (secondary N) is 1. The van der Waals surface area contributed by atoms with E-state index in [0.717, 1.165) is 0 Å². The number of nitro benzene ring substituents is 1. The highest BCUT2D eigenvalue weighted by molar-refractivity contribution is 6.05. The number of fused-ring (bicyclic) bond motifs is 1. The zero-order valence-corrected chi connectivity index (χ0v) is 12.4. The van der Waals surface area contributed by atoms with Crippen molar-refractivity contribution in [2.75, 3.05) is 25.6 Å². The van der Waals surface area contributed by atoms with E-state index >= 15 is 0 Å². The Hall–Kier alpha value is -2.58. The summed E-state index contributed by atoms with van der Waals surface area (Å²) in [7, 11) is 1.45. The number of rotatable bonds is 4. The van der Waals surface area contributed by atoms with Gasteiger partial charge < -0.3 is 14.8 Å². The Bertz CT molecular complexity index is 771. The number of aromatic nitrogens is 1. The molecule has 8 nitrogen and oxygen atoms in total. The lowest BCUT2D eigenvalue weighted by molar-refractivity contribution is -0.383. The molecule has 23 heavy (non-hydrogen) atoms. The van der Waals surface area contributed by atoms with E-state index in [-0.39, 0.29) is 24.0 Å². The van der Waals surface area contributed by atoms with Crippen LogP contribution in [-0.4, -0.2) is 41.7 Å². The van der Waals surface area contributed by atoms with Gasteiger partial charge in [-0.2, -0.15) is 0 Å². The standard InChI is InChI=1S/C15H15N3O5/c1-22-15(6-8-23-9-15)14(19)17-13-11-3-2-4-12(18(20)21)10(11)5-7-16-13/h2-5,7H,6,8-9H2,1H3,(H,16,17,19). The second kappa shape index (κ2) is 5.90. The van der Waals surface area contributed by atoms with E-state index in [1.54, 1.807) is 18.2 Å². The van der Waals surface area contributed by atoms with Gasteiger partial charge in [-0.3, -0.25) is 14.9 Å². The number of hydrogen-bond donors (Lipinski definition) is 1. The third kappa shape index (κ3) is 2.62. The number of benzene rings is 1. The highest BCUT2D eigenvalue weighted by atomic mass is 16.6. The lowest BCUT2D eigenvalue weighted by atomic mass is 10.0. The van der Waals surface area contributed by atoms with Crippen molar-refractivity contribution in [3.63, 3.8) is 0 Å². The number of hydrogen-bond acceptors (Lipinski definition) is 6. The van der Waals surface area contributed by atoms with Gasteiger partial charge in [-0.1, -0.05) is 12.1 Å². The number of methoxy groups -OCH3 is 1. The van der Waals surface area contributed by atoms with Crippen molar-refractivity contribution >= 4 is 28.2 Å². The van der Waals surface area contributed by atoms with Crippen LogP contribution in [0.4, 0.5) is 11.5 Å². The summed E-state index contributed by atoms with van der Waals surface area (Å²) in [4.78, 5) is 27.3. The van der Waals surface area contributed by atoms with Gasteiger partial charge in [0.05, 0.1) is 23.5 Å². The molecule has 1 aromatic carbocycles. The summed E-state index contributed by atoms with van der Waals surface area (Å²) >= 11 is 0. The lowest BCUT2D eigenvalue weighted by Gasteiger charge is -2.24. The Morgan fingerprint density at radius 3 is 2.91 bits per heavy atom. The van der Waals surface area contributed by atoms with Crippen LogP contribution in [0.2, 0.25) is 0 Å². The van der Waals surface area contributed by atoms with E-state index in [4.69, 9.17) is 9.47 Å². The maximum Gasteiger partial charge on any atom is 0.277 e. The first-order chi connectivity index (χ1) is 11.1. The minimum absolute atomic E-state index is 0.0361. The number of non-ortho nitro benzene ring substituents is 1. The van der Waals surface area contributed by atoms with Crippen molar-refractivity contribution < 1.29 is 19.2 Å². The zero-order valence-electron chi connectivity index (χ0n) is 12.4. The highest BCUT2D eigenvalue weighted by Crippen LogP contribution is 2.30. The molecule has 0 saturated carbocycles. The van der Waals surface area contributed by atoms with Gasteiger partial charge in [0.1, 0.15) is 5.82 Å². The first-order valence-corrected chi connectivity index (χ1v) is 7.04. The number of carbonyl (C=O) groups is 1. The third-order valence-electron chi connectivity index (χ3n) is 4.00. The monoisotopic (exact) mass is 317 g/mol. The summed E-state index contributed by atoms with van der Waals surface area (Å²) in [6.07, 6.45) is 1.87. The summed E-state index contributed by atoms with van der Waals surface area (Å²) in [5.74, 6) is -0.108. The molecule has 8 heteroatoms. The number of nitrogens with zero attached hydrogens (tertiary/aromatic N) is 2. The molecular weight excluding hydrogens is 302 g/mol. The molecular formula is C15H15N3O5. The average Bonchev–Trinajstić information content (AvgIpc) is 3.05. The number of carbonyl (C=O) groups excluding carboxylic acids is 1. The molecule has 1 aromatic heterocycles. The Labute approximate surface area is 131 Å².